The Hall–Kier alpha value is -3.72. The number of ether oxygens (including phenoxy) is 1. The zero-order valence-electron chi connectivity index (χ0n) is 20.3. The van der Waals surface area contributed by atoms with Gasteiger partial charge in [-0.25, -0.2) is 9.97 Å². The molecule has 9 heteroatoms. The monoisotopic (exact) mass is 477 g/mol. The van der Waals surface area contributed by atoms with Crippen molar-refractivity contribution in [1.29, 1.82) is 0 Å². The fraction of sp³-hybridized carbons (Fsp3) is 0.385. The Morgan fingerprint density at radius 3 is 2.83 bits per heavy atom. The van der Waals surface area contributed by atoms with Gasteiger partial charge in [-0.1, -0.05) is 19.8 Å². The van der Waals surface area contributed by atoms with Crippen molar-refractivity contribution in [3.05, 3.63) is 65.0 Å². The summed E-state index contributed by atoms with van der Waals surface area (Å²) < 4.78 is 12.3. The molecule has 184 valence electrons. The summed E-state index contributed by atoms with van der Waals surface area (Å²) in [6.45, 7) is 2.89. The maximum Gasteiger partial charge on any atom is 0.263 e. The third-order valence-corrected chi connectivity index (χ3v) is 6.18. The number of pyridine rings is 1. The first-order chi connectivity index (χ1) is 17.0. The molecular weight excluding hydrogens is 446 g/mol. The summed E-state index contributed by atoms with van der Waals surface area (Å²) in [4.78, 5) is 36.1. The number of aromatic amines is 1. The topological polar surface area (TPSA) is 115 Å². The number of methoxy groups -OCH3 is 1. The highest BCUT2D eigenvalue weighted by Crippen LogP contribution is 2.33. The van der Waals surface area contributed by atoms with Crippen LogP contribution in [-0.2, 0) is 7.05 Å². The molecule has 35 heavy (non-hydrogen) atoms. The first kappa shape index (κ1) is 24.4. The van der Waals surface area contributed by atoms with Gasteiger partial charge in [-0.05, 0) is 36.9 Å². The number of benzene rings is 1. The van der Waals surface area contributed by atoms with Gasteiger partial charge in [-0.15, -0.1) is 0 Å². The smallest absolute Gasteiger partial charge is 0.263 e. The molecule has 0 aliphatic rings. The summed E-state index contributed by atoms with van der Waals surface area (Å²) in [5, 5.41) is 4.45. The number of carbonyl (C=O) groups is 1. The largest absolute Gasteiger partial charge is 0.496 e. The Labute approximate surface area is 203 Å². The van der Waals surface area contributed by atoms with Crippen LogP contribution >= 0.6 is 0 Å². The lowest BCUT2D eigenvalue weighted by Gasteiger charge is -2.15. The molecule has 9 nitrogen and oxygen atoms in total. The molecule has 1 atom stereocenters. The van der Waals surface area contributed by atoms with Crippen LogP contribution in [0.5, 0.6) is 5.75 Å². The van der Waals surface area contributed by atoms with Gasteiger partial charge in [0.25, 0.3) is 11.4 Å². The maximum absolute atomic E-state index is 12.0. The van der Waals surface area contributed by atoms with Crippen LogP contribution in [0, 0.1) is 0 Å². The second kappa shape index (κ2) is 11.1. The van der Waals surface area contributed by atoms with Crippen molar-refractivity contribution in [2.75, 3.05) is 13.7 Å². The Morgan fingerprint density at radius 2 is 2.09 bits per heavy atom. The van der Waals surface area contributed by atoms with Crippen molar-refractivity contribution in [2.45, 2.75) is 45.1 Å². The minimum atomic E-state index is -0.0633. The number of Topliss-reactive ketones (excluding diaryl/α,β-unsaturated/α-hetero) is 1. The zero-order chi connectivity index (χ0) is 24.8. The molecule has 0 spiro atoms. The van der Waals surface area contributed by atoms with Crippen LogP contribution < -0.4 is 15.6 Å². The van der Waals surface area contributed by atoms with E-state index >= 15 is 0 Å². The van der Waals surface area contributed by atoms with Crippen LogP contribution in [0.1, 0.15) is 61.6 Å². The van der Waals surface area contributed by atoms with Crippen molar-refractivity contribution >= 4 is 16.7 Å². The Bertz CT molecular complexity index is 1340. The summed E-state index contributed by atoms with van der Waals surface area (Å²) >= 11 is 0. The van der Waals surface area contributed by atoms with Gasteiger partial charge in [0.1, 0.15) is 17.8 Å². The fourth-order valence-corrected chi connectivity index (χ4v) is 4.29. The minimum absolute atomic E-state index is 0.0571. The first-order valence-corrected chi connectivity index (χ1v) is 11.9. The Morgan fingerprint density at radius 1 is 1.23 bits per heavy atom. The van der Waals surface area contributed by atoms with Crippen LogP contribution in [0.25, 0.3) is 22.2 Å². The second-order valence-corrected chi connectivity index (χ2v) is 8.49. The number of oxazole rings is 1. The lowest BCUT2D eigenvalue weighted by atomic mass is 10.0. The summed E-state index contributed by atoms with van der Waals surface area (Å²) in [6.07, 6.45) is 8.73. The predicted molar refractivity (Wildman–Crippen MR) is 134 cm³/mol. The number of H-pyrrole nitrogens is 1. The van der Waals surface area contributed by atoms with Gasteiger partial charge in [0.15, 0.2) is 0 Å². The number of fused-ring (bicyclic) bond motifs is 1. The number of unbranched alkanes of at least 4 members (excludes halogenated alkanes) is 2. The van der Waals surface area contributed by atoms with Gasteiger partial charge in [0.05, 0.1) is 36.8 Å². The molecule has 0 saturated carbocycles. The third kappa shape index (κ3) is 5.51. The highest BCUT2D eigenvalue weighted by molar-refractivity contribution is 5.91. The van der Waals surface area contributed by atoms with Gasteiger partial charge < -0.3 is 24.0 Å². The molecule has 0 aliphatic heterocycles. The number of aryl methyl sites for hydroxylation is 1. The molecule has 2 N–H and O–H groups in total. The number of ketones is 1. The van der Waals surface area contributed by atoms with E-state index in [1.165, 1.54) is 12.5 Å². The molecule has 0 bridgehead atoms. The van der Waals surface area contributed by atoms with Crippen molar-refractivity contribution in [2.24, 2.45) is 7.05 Å². The number of aromatic nitrogens is 4. The lowest BCUT2D eigenvalue weighted by molar-refractivity contribution is 0.0945. The number of hydrogen-bond acceptors (Lipinski definition) is 7. The van der Waals surface area contributed by atoms with Gasteiger partial charge >= 0.3 is 0 Å². The van der Waals surface area contributed by atoms with E-state index in [4.69, 9.17) is 9.15 Å². The average Bonchev–Trinajstić information content (AvgIpc) is 3.57. The van der Waals surface area contributed by atoms with E-state index in [9.17, 15) is 9.59 Å². The summed E-state index contributed by atoms with van der Waals surface area (Å²) in [6, 6.07) is 7.36. The van der Waals surface area contributed by atoms with Crippen LogP contribution in [0.2, 0.25) is 0 Å². The van der Waals surface area contributed by atoms with Crippen LogP contribution in [0.15, 0.2) is 52.1 Å². The van der Waals surface area contributed by atoms with E-state index in [2.05, 4.69) is 27.2 Å². The molecule has 3 heterocycles. The third-order valence-electron chi connectivity index (χ3n) is 6.18. The summed E-state index contributed by atoms with van der Waals surface area (Å²) in [5.41, 5.74) is 2.49. The van der Waals surface area contributed by atoms with Gasteiger partial charge in [-0.3, -0.25) is 9.59 Å². The van der Waals surface area contributed by atoms with E-state index in [1.54, 1.807) is 24.8 Å². The molecule has 1 unspecified atom stereocenters. The van der Waals surface area contributed by atoms with Gasteiger partial charge in [-0.2, -0.15) is 0 Å². The highest BCUT2D eigenvalue weighted by atomic mass is 16.5. The van der Waals surface area contributed by atoms with E-state index in [0.717, 1.165) is 60.2 Å². The molecular formula is C26H31N5O4. The predicted octanol–water partition coefficient (Wildman–Crippen LogP) is 4.41. The van der Waals surface area contributed by atoms with E-state index in [1.807, 2.05) is 24.4 Å². The van der Waals surface area contributed by atoms with Gasteiger partial charge in [0, 0.05) is 31.2 Å². The van der Waals surface area contributed by atoms with Crippen LogP contribution in [0.4, 0.5) is 0 Å². The molecule has 1 aromatic carbocycles. The molecule has 0 fully saturated rings. The SMILES string of the molecule is CCNC(CCCCCC(=O)c1ncco1)c1ncc(-c2cc3ccc(=O)n(C)c3cc2OC)[nH]1. The van der Waals surface area contributed by atoms with Crippen LogP contribution in [-0.4, -0.2) is 39.0 Å². The number of nitrogens with zero attached hydrogens (tertiary/aromatic N) is 3. The van der Waals surface area contributed by atoms with Crippen molar-refractivity contribution in [1.82, 2.24) is 24.8 Å². The van der Waals surface area contributed by atoms with Gasteiger partial charge in [0.2, 0.25) is 5.78 Å². The number of rotatable bonds is 12. The standard InChI is InChI=1S/C26H31N5O4/c1-4-27-19(8-6-5-7-9-22(32)26-28-12-13-35-26)25-29-16-20(30-25)18-14-17-10-11-24(33)31(2)21(17)15-23(18)34-3/h10-16,19,27H,4-9H2,1-3H3,(H,29,30). The summed E-state index contributed by atoms with van der Waals surface area (Å²) in [7, 11) is 3.38. The fourth-order valence-electron chi connectivity index (χ4n) is 4.29. The number of nitrogens with one attached hydrogen (secondary N) is 2. The zero-order valence-corrected chi connectivity index (χ0v) is 20.3. The molecule has 0 saturated heterocycles. The molecule has 0 radical (unpaired) electrons. The normalized spacial score (nSPS) is 12.2. The van der Waals surface area contributed by atoms with Crippen molar-refractivity contribution < 1.29 is 13.9 Å². The molecule has 4 aromatic rings. The lowest BCUT2D eigenvalue weighted by Crippen LogP contribution is -2.22. The van der Waals surface area contributed by atoms with E-state index < -0.39 is 0 Å². The highest BCUT2D eigenvalue weighted by Gasteiger charge is 2.17. The second-order valence-electron chi connectivity index (χ2n) is 8.49. The summed E-state index contributed by atoms with van der Waals surface area (Å²) in [5.74, 6) is 1.66. The van der Waals surface area contributed by atoms with Crippen LogP contribution in [0.3, 0.4) is 0 Å². The molecule has 3 aromatic heterocycles. The average molecular weight is 478 g/mol. The van der Waals surface area contributed by atoms with E-state index in [-0.39, 0.29) is 23.3 Å². The van der Waals surface area contributed by atoms with Crippen molar-refractivity contribution in [3.63, 3.8) is 0 Å². The molecule has 0 amide bonds. The van der Waals surface area contributed by atoms with Crippen molar-refractivity contribution in [3.8, 4) is 17.0 Å². The maximum atomic E-state index is 12.0. The Balaban J connectivity index is 1.44. The van der Waals surface area contributed by atoms with E-state index in [0.29, 0.717) is 12.2 Å². The first-order valence-electron chi connectivity index (χ1n) is 11.9. The quantitative estimate of drug-likeness (QED) is 0.229. The Kier molecular flexibility index (Phi) is 7.77. The number of hydrogen-bond donors (Lipinski definition) is 2. The molecule has 4 rings (SSSR count). The number of imidazole rings is 1. The minimum Gasteiger partial charge on any atom is -0.496 e. The molecule has 0 aliphatic carbocycles. The number of carbonyl (C=O) groups excluding carboxylic acids is 1.